The summed E-state index contributed by atoms with van der Waals surface area (Å²) >= 11 is 0. The van der Waals surface area contributed by atoms with Gasteiger partial charge >= 0.3 is 0 Å². The van der Waals surface area contributed by atoms with Crippen molar-refractivity contribution in [3.8, 4) is 11.5 Å². The summed E-state index contributed by atoms with van der Waals surface area (Å²) in [4.78, 5) is 0. The average molecular weight is 395 g/mol. The van der Waals surface area contributed by atoms with E-state index in [0.717, 1.165) is 37.2 Å². The van der Waals surface area contributed by atoms with Crippen LogP contribution in [-0.2, 0) is 25.7 Å². The second-order valence-corrected chi connectivity index (χ2v) is 10.4. The van der Waals surface area contributed by atoms with Crippen LogP contribution in [-0.4, -0.2) is 0 Å². The van der Waals surface area contributed by atoms with Crippen LogP contribution in [0.4, 0.5) is 0 Å². The van der Waals surface area contributed by atoms with Crippen LogP contribution in [0.25, 0.3) is 0 Å². The minimum absolute atomic E-state index is 0.607. The van der Waals surface area contributed by atoms with Gasteiger partial charge in [-0.15, -0.1) is 0 Å². The molecule has 2 rings (SSSR count). The minimum atomic E-state index is 0.607. The van der Waals surface area contributed by atoms with Crippen molar-refractivity contribution in [2.75, 3.05) is 0 Å². The van der Waals surface area contributed by atoms with Crippen LogP contribution in [0.2, 0.25) is 0 Å². The van der Waals surface area contributed by atoms with E-state index in [9.17, 15) is 0 Å². The van der Waals surface area contributed by atoms with Crippen molar-refractivity contribution >= 4 is 0 Å². The number of ether oxygens (including phenoxy) is 1. The van der Waals surface area contributed by atoms with Crippen LogP contribution in [0.15, 0.2) is 36.4 Å². The maximum atomic E-state index is 6.56. The van der Waals surface area contributed by atoms with Gasteiger partial charge in [0.1, 0.15) is 11.5 Å². The van der Waals surface area contributed by atoms with E-state index in [2.05, 4.69) is 91.8 Å². The molecule has 1 heteroatoms. The predicted molar refractivity (Wildman–Crippen MR) is 127 cm³/mol. The summed E-state index contributed by atoms with van der Waals surface area (Å²) in [6.45, 7) is 18.3. The van der Waals surface area contributed by atoms with E-state index in [1.54, 1.807) is 0 Å². The zero-order chi connectivity index (χ0) is 21.6. The lowest BCUT2D eigenvalue weighted by molar-refractivity contribution is 0.459. The van der Waals surface area contributed by atoms with Crippen molar-refractivity contribution in [3.05, 3.63) is 58.7 Å². The van der Waals surface area contributed by atoms with Gasteiger partial charge in [0, 0.05) is 0 Å². The normalized spacial score (nSPS) is 11.9. The van der Waals surface area contributed by atoms with Gasteiger partial charge in [0.05, 0.1) is 0 Å². The predicted octanol–water partition coefficient (Wildman–Crippen LogP) is 8.27. The Balaban J connectivity index is 2.37. The van der Waals surface area contributed by atoms with Crippen molar-refractivity contribution in [1.29, 1.82) is 0 Å². The molecule has 1 nitrogen and oxygen atoms in total. The lowest BCUT2D eigenvalue weighted by Crippen LogP contribution is -2.04. The topological polar surface area (TPSA) is 9.23 Å². The summed E-state index contributed by atoms with van der Waals surface area (Å²) in [5.74, 6) is 4.59. The van der Waals surface area contributed by atoms with Gasteiger partial charge in [-0.05, 0) is 83.7 Å². The summed E-state index contributed by atoms with van der Waals surface area (Å²) < 4.78 is 6.56. The summed E-state index contributed by atoms with van der Waals surface area (Å²) in [7, 11) is 0. The van der Waals surface area contributed by atoms with E-state index in [1.807, 2.05) is 0 Å². The molecule has 2 aromatic carbocycles. The Hall–Kier alpha value is -1.76. The first-order valence-corrected chi connectivity index (χ1v) is 11.6. The number of hydrogen-bond acceptors (Lipinski definition) is 1. The van der Waals surface area contributed by atoms with Crippen molar-refractivity contribution in [2.45, 2.75) is 81.1 Å². The highest BCUT2D eigenvalue weighted by atomic mass is 16.5. The fourth-order valence-corrected chi connectivity index (χ4v) is 3.98. The van der Waals surface area contributed by atoms with Gasteiger partial charge in [0.15, 0.2) is 0 Å². The van der Waals surface area contributed by atoms with E-state index in [4.69, 9.17) is 4.74 Å². The molecule has 0 atom stereocenters. The molecule has 0 aliphatic carbocycles. The fraction of sp³-hybridized carbons (Fsp3) is 0.571. The standard InChI is InChI=1S/C28H42O/c1-19(2)13-23-9-11-27(25(17-23)15-21(5)6)29-28-12-10-24(14-20(3)4)18-26(28)16-22(7)8/h9-12,17-22H,13-16H2,1-8H3. The zero-order valence-electron chi connectivity index (χ0n) is 20.0. The van der Waals surface area contributed by atoms with Crippen molar-refractivity contribution in [2.24, 2.45) is 23.7 Å². The summed E-state index contributed by atoms with van der Waals surface area (Å²) in [6, 6.07) is 13.6. The van der Waals surface area contributed by atoms with E-state index in [0.29, 0.717) is 23.7 Å². The second-order valence-electron chi connectivity index (χ2n) is 10.4. The minimum Gasteiger partial charge on any atom is -0.457 e. The molecular formula is C28H42O. The Kier molecular flexibility index (Phi) is 8.80. The lowest BCUT2D eigenvalue weighted by Gasteiger charge is -2.19. The highest BCUT2D eigenvalue weighted by Crippen LogP contribution is 2.33. The Morgan fingerprint density at radius 2 is 0.862 bits per heavy atom. The van der Waals surface area contributed by atoms with Gasteiger partial charge in [-0.1, -0.05) is 79.7 Å². The highest BCUT2D eigenvalue weighted by molar-refractivity contribution is 5.45. The maximum absolute atomic E-state index is 6.56. The molecule has 0 aliphatic rings. The summed E-state index contributed by atoms with van der Waals surface area (Å²) in [5.41, 5.74) is 5.50. The zero-order valence-corrected chi connectivity index (χ0v) is 20.0. The molecule has 0 saturated heterocycles. The van der Waals surface area contributed by atoms with E-state index >= 15 is 0 Å². The Bertz CT molecular complexity index is 702. The van der Waals surface area contributed by atoms with Crippen molar-refractivity contribution in [1.82, 2.24) is 0 Å². The number of rotatable bonds is 10. The van der Waals surface area contributed by atoms with E-state index in [-0.39, 0.29) is 0 Å². The molecule has 0 amide bonds. The van der Waals surface area contributed by atoms with Crippen molar-refractivity contribution in [3.63, 3.8) is 0 Å². The van der Waals surface area contributed by atoms with Crippen LogP contribution in [0.5, 0.6) is 11.5 Å². The van der Waals surface area contributed by atoms with Crippen LogP contribution < -0.4 is 4.74 Å². The molecule has 0 spiro atoms. The van der Waals surface area contributed by atoms with E-state index in [1.165, 1.54) is 22.3 Å². The van der Waals surface area contributed by atoms with Gasteiger partial charge in [0.2, 0.25) is 0 Å². The van der Waals surface area contributed by atoms with Gasteiger partial charge in [-0.3, -0.25) is 0 Å². The number of hydrogen-bond donors (Lipinski definition) is 0. The third kappa shape index (κ3) is 7.88. The molecule has 2 aromatic rings. The van der Waals surface area contributed by atoms with Gasteiger partial charge in [-0.25, -0.2) is 0 Å². The maximum Gasteiger partial charge on any atom is 0.130 e. The Morgan fingerprint density at radius 3 is 1.17 bits per heavy atom. The Labute approximate surface area is 179 Å². The van der Waals surface area contributed by atoms with Gasteiger partial charge < -0.3 is 4.74 Å². The molecule has 0 unspecified atom stereocenters. The average Bonchev–Trinajstić information content (AvgIpc) is 2.57. The second kappa shape index (κ2) is 10.9. The summed E-state index contributed by atoms with van der Waals surface area (Å²) in [6.07, 6.45) is 4.33. The first kappa shape index (κ1) is 23.5. The molecule has 0 N–H and O–H groups in total. The molecule has 0 saturated carbocycles. The third-order valence-electron chi connectivity index (χ3n) is 5.01. The molecule has 0 fully saturated rings. The van der Waals surface area contributed by atoms with Crippen LogP contribution in [0, 0.1) is 23.7 Å². The molecule has 29 heavy (non-hydrogen) atoms. The Morgan fingerprint density at radius 1 is 0.517 bits per heavy atom. The van der Waals surface area contributed by atoms with Crippen molar-refractivity contribution < 1.29 is 4.74 Å². The highest BCUT2D eigenvalue weighted by Gasteiger charge is 2.14. The molecule has 0 radical (unpaired) electrons. The largest absolute Gasteiger partial charge is 0.457 e. The third-order valence-corrected chi connectivity index (χ3v) is 5.01. The molecule has 0 aliphatic heterocycles. The first-order chi connectivity index (χ1) is 13.6. The van der Waals surface area contributed by atoms with Crippen LogP contribution in [0.1, 0.15) is 77.6 Å². The number of benzene rings is 2. The fourth-order valence-electron chi connectivity index (χ4n) is 3.98. The van der Waals surface area contributed by atoms with Gasteiger partial charge in [0.25, 0.3) is 0 Å². The molecule has 0 heterocycles. The smallest absolute Gasteiger partial charge is 0.130 e. The van der Waals surface area contributed by atoms with E-state index < -0.39 is 0 Å². The first-order valence-electron chi connectivity index (χ1n) is 11.6. The summed E-state index contributed by atoms with van der Waals surface area (Å²) in [5, 5.41) is 0. The molecule has 160 valence electrons. The molecular weight excluding hydrogens is 352 g/mol. The van der Waals surface area contributed by atoms with Crippen LogP contribution >= 0.6 is 0 Å². The van der Waals surface area contributed by atoms with Crippen LogP contribution in [0.3, 0.4) is 0 Å². The van der Waals surface area contributed by atoms with Gasteiger partial charge in [-0.2, -0.15) is 0 Å². The molecule has 0 bridgehead atoms. The molecule has 0 aromatic heterocycles. The monoisotopic (exact) mass is 394 g/mol. The quantitative estimate of drug-likeness (QED) is 0.394. The SMILES string of the molecule is CC(C)Cc1ccc(Oc2ccc(CC(C)C)cc2CC(C)C)c(CC(C)C)c1. The lowest BCUT2D eigenvalue weighted by atomic mass is 9.95.